The topological polar surface area (TPSA) is 109 Å². The van der Waals surface area contributed by atoms with Crippen LogP contribution in [-0.2, 0) is 91.8 Å². The van der Waals surface area contributed by atoms with Crippen molar-refractivity contribution in [2.45, 2.75) is 112 Å². The van der Waals surface area contributed by atoms with Crippen molar-refractivity contribution in [3.05, 3.63) is 246 Å². The molecule has 0 radical (unpaired) electrons. The van der Waals surface area contributed by atoms with Crippen LogP contribution in [0.3, 0.4) is 0 Å². The summed E-state index contributed by atoms with van der Waals surface area (Å²) < 4.78 is 69.0. The molecule has 2 saturated heterocycles. The molecule has 2 aliphatic rings. The van der Waals surface area contributed by atoms with E-state index in [2.05, 4.69) is 0 Å². The van der Waals surface area contributed by atoms with E-state index >= 15 is 0 Å². The molecule has 7 aromatic rings. The Morgan fingerprint density at radius 2 is 0.716 bits per heavy atom. The van der Waals surface area contributed by atoms with Crippen molar-refractivity contribution in [3.8, 4) is 0 Å². The normalized spacial score (nSPS) is 23.7. The third-order valence-electron chi connectivity index (χ3n) is 12.7. The van der Waals surface area contributed by atoms with E-state index in [0.717, 1.165) is 38.3 Å². The van der Waals surface area contributed by atoms with Gasteiger partial charge in [0.05, 0.1) is 52.9 Å². The monoisotopic (exact) mass is 1020 g/mol. The molecule has 0 aliphatic carbocycles. The fourth-order valence-corrected chi connectivity index (χ4v) is 10.2. The van der Waals surface area contributed by atoms with E-state index < -0.39 is 66.5 Å². The minimum atomic E-state index is -1.25. The molecule has 10 atom stereocenters. The molecule has 0 saturated carbocycles. The molecular weight excluding hydrogens is 953 g/mol. The van der Waals surface area contributed by atoms with Gasteiger partial charge in [0.1, 0.15) is 48.2 Å². The van der Waals surface area contributed by atoms with Crippen molar-refractivity contribution < 1.29 is 52.2 Å². The molecule has 0 spiro atoms. The zero-order chi connectivity index (χ0) is 50.6. The first-order valence-corrected chi connectivity index (χ1v) is 26.1. The molecule has 0 bridgehead atoms. The van der Waals surface area contributed by atoms with Gasteiger partial charge in [0.25, 0.3) is 0 Å². The molecule has 4 unspecified atom stereocenters. The highest BCUT2D eigenvalue weighted by Gasteiger charge is 2.55. The van der Waals surface area contributed by atoms with E-state index in [-0.39, 0.29) is 39.6 Å². The number of benzene rings is 7. The number of esters is 1. The van der Waals surface area contributed by atoms with Crippen molar-refractivity contribution in [2.24, 2.45) is 0 Å². The van der Waals surface area contributed by atoms with Crippen LogP contribution in [-0.4, -0.2) is 79.7 Å². The number of ether oxygens (including phenoxy) is 10. The van der Waals surface area contributed by atoms with Crippen LogP contribution >= 0.6 is 11.8 Å². The molecule has 74 heavy (non-hydrogen) atoms. The largest absolute Gasteiger partial charge is 0.454 e. The van der Waals surface area contributed by atoms with Crippen molar-refractivity contribution in [1.82, 2.24) is 0 Å². The van der Waals surface area contributed by atoms with Crippen LogP contribution in [0.4, 0.5) is 0 Å². The van der Waals surface area contributed by atoms with Crippen molar-refractivity contribution in [3.63, 3.8) is 0 Å². The number of hydrogen-bond donors (Lipinski definition) is 0. The van der Waals surface area contributed by atoms with Gasteiger partial charge in [-0.1, -0.05) is 212 Å². The molecule has 9 rings (SSSR count). The zero-order valence-electron chi connectivity index (χ0n) is 41.5. The Morgan fingerprint density at radius 1 is 0.392 bits per heavy atom. The molecule has 7 aromatic carbocycles. The summed E-state index contributed by atoms with van der Waals surface area (Å²) in [5.41, 5.74) is 5.09. The van der Waals surface area contributed by atoms with Gasteiger partial charge in [-0.2, -0.15) is 0 Å². The van der Waals surface area contributed by atoms with Crippen LogP contribution in [0.2, 0.25) is 0 Å². The second kappa shape index (κ2) is 28.1. The van der Waals surface area contributed by atoms with Gasteiger partial charge in [-0.05, 0) is 45.5 Å². The van der Waals surface area contributed by atoms with Gasteiger partial charge in [-0.15, -0.1) is 0 Å². The lowest BCUT2D eigenvalue weighted by atomic mass is 9.96. The lowest BCUT2D eigenvalue weighted by Gasteiger charge is -2.50. The first kappa shape index (κ1) is 52.8. The maximum Gasteiger partial charge on any atom is 0.303 e. The zero-order valence-corrected chi connectivity index (χ0v) is 42.4. The average molecular weight is 1020 g/mol. The number of carbonyl (C=O) groups is 1. The summed E-state index contributed by atoms with van der Waals surface area (Å²) in [7, 11) is 0. The van der Waals surface area contributed by atoms with Gasteiger partial charge in [0.15, 0.2) is 12.4 Å². The second-order valence-electron chi connectivity index (χ2n) is 18.2. The summed E-state index contributed by atoms with van der Waals surface area (Å²) in [5.74, 6) is -0.548. The number of rotatable bonds is 25. The molecule has 0 amide bonds. The maximum absolute atomic E-state index is 13.5. The van der Waals surface area contributed by atoms with Gasteiger partial charge < -0.3 is 47.4 Å². The Kier molecular flexibility index (Phi) is 20.0. The molecule has 12 heteroatoms. The van der Waals surface area contributed by atoms with Crippen LogP contribution in [0.25, 0.3) is 0 Å². The first-order valence-electron chi connectivity index (χ1n) is 25.2. The van der Waals surface area contributed by atoms with Gasteiger partial charge in [0.2, 0.25) is 0 Å². The summed E-state index contributed by atoms with van der Waals surface area (Å²) in [6.45, 7) is 3.22. The van der Waals surface area contributed by atoms with E-state index in [1.165, 1.54) is 18.7 Å². The van der Waals surface area contributed by atoms with Gasteiger partial charge in [-0.25, -0.2) is 0 Å². The SMILES string of the molecule is CC(=O)OC1[C@@H](OC2[C@@H](Sc3ccccc3)OC(COCc3ccccc3)[C@H](OCc3ccccc3)[C@H]2OCc2ccccc2)OC(COCc2ccccc2)[C@H](OCc2ccccc2)[C@H]1OCc1ccccc1. The van der Waals surface area contributed by atoms with Crippen LogP contribution in [0, 0.1) is 0 Å². The molecule has 2 heterocycles. The summed E-state index contributed by atoms with van der Waals surface area (Å²) in [6.07, 6.45) is -7.97. The van der Waals surface area contributed by atoms with E-state index in [9.17, 15) is 4.79 Å². The average Bonchev–Trinajstić information content (AvgIpc) is 3.44. The Bertz CT molecular complexity index is 2660. The molecule has 2 fully saturated rings. The predicted molar refractivity (Wildman–Crippen MR) is 282 cm³/mol. The Labute approximate surface area is 438 Å². The molecule has 384 valence electrons. The molecular formula is C62H64O11S. The highest BCUT2D eigenvalue weighted by Crippen LogP contribution is 2.41. The lowest BCUT2D eigenvalue weighted by molar-refractivity contribution is -0.351. The first-order chi connectivity index (χ1) is 36.5. The minimum Gasteiger partial charge on any atom is -0.454 e. The van der Waals surface area contributed by atoms with Crippen molar-refractivity contribution in [1.29, 1.82) is 0 Å². The summed E-state index contributed by atoms with van der Waals surface area (Å²) in [6, 6.07) is 69.8. The highest BCUT2D eigenvalue weighted by atomic mass is 32.2. The van der Waals surface area contributed by atoms with E-state index in [1.54, 1.807) is 0 Å². The van der Waals surface area contributed by atoms with Crippen molar-refractivity contribution in [2.75, 3.05) is 13.2 Å². The third-order valence-corrected chi connectivity index (χ3v) is 13.9. The van der Waals surface area contributed by atoms with Crippen LogP contribution in [0.1, 0.15) is 40.3 Å². The number of thioether (sulfide) groups is 1. The van der Waals surface area contributed by atoms with Gasteiger partial charge in [0, 0.05) is 11.8 Å². The van der Waals surface area contributed by atoms with E-state index in [1.807, 2.05) is 212 Å². The predicted octanol–water partition coefficient (Wildman–Crippen LogP) is 11.3. The van der Waals surface area contributed by atoms with Gasteiger partial charge in [-0.3, -0.25) is 4.79 Å². The number of hydrogen-bond acceptors (Lipinski definition) is 12. The maximum atomic E-state index is 13.5. The lowest BCUT2D eigenvalue weighted by Crippen LogP contribution is -2.66. The molecule has 11 nitrogen and oxygen atoms in total. The number of carbonyl (C=O) groups excluding carboxylic acids is 1. The highest BCUT2D eigenvalue weighted by molar-refractivity contribution is 7.99. The van der Waals surface area contributed by atoms with Crippen LogP contribution in [0.5, 0.6) is 0 Å². The standard InChI is InChI=1S/C62H64O11S/c1-45(63)70-59-57(68-41-50-31-17-6-18-32-50)55(66-39-48-27-13-4-14-28-48)53(43-64-37-46-23-9-2-10-24-46)71-61(59)73-60-58(69-42-51-33-19-7-20-34-51)56(67-40-49-29-15-5-16-30-49)54(44-65-38-47-25-11-3-12-26-47)72-62(60)74-52-35-21-8-22-36-52/h2-36,53-62H,37-44H2,1H3/t53?,54?,55-,56-,57+,58+,59?,60?,61+,62+/m0/s1. The fourth-order valence-electron chi connectivity index (χ4n) is 9.06. The Balaban J connectivity index is 1.11. The smallest absolute Gasteiger partial charge is 0.303 e. The third kappa shape index (κ3) is 15.5. The molecule has 2 aliphatic heterocycles. The fraction of sp³-hybridized carbons (Fsp3) is 0.306. The van der Waals surface area contributed by atoms with E-state index in [0.29, 0.717) is 13.2 Å². The van der Waals surface area contributed by atoms with Crippen LogP contribution < -0.4 is 0 Å². The Morgan fingerprint density at radius 3 is 1.09 bits per heavy atom. The van der Waals surface area contributed by atoms with E-state index in [4.69, 9.17) is 47.4 Å². The summed E-state index contributed by atoms with van der Waals surface area (Å²) in [5, 5.41) is 0. The van der Waals surface area contributed by atoms with Crippen LogP contribution in [0.15, 0.2) is 217 Å². The summed E-state index contributed by atoms with van der Waals surface area (Å²) >= 11 is 1.50. The van der Waals surface area contributed by atoms with Crippen molar-refractivity contribution >= 4 is 17.7 Å². The molecule has 0 aromatic heterocycles. The second-order valence-corrected chi connectivity index (χ2v) is 19.4. The molecule has 0 N–H and O–H groups in total. The Hall–Kier alpha value is -6.00. The van der Waals surface area contributed by atoms with Gasteiger partial charge >= 0.3 is 5.97 Å². The minimum absolute atomic E-state index is 0.0904. The quantitative estimate of drug-likeness (QED) is 0.0509. The summed E-state index contributed by atoms with van der Waals surface area (Å²) in [4.78, 5) is 14.4.